The van der Waals surface area contributed by atoms with Gasteiger partial charge in [0, 0.05) is 107 Å². The number of halogens is 6. The van der Waals surface area contributed by atoms with Crippen LogP contribution in [0.25, 0.3) is 0 Å². The van der Waals surface area contributed by atoms with Crippen molar-refractivity contribution in [3.63, 3.8) is 0 Å². The van der Waals surface area contributed by atoms with Crippen molar-refractivity contribution in [3.05, 3.63) is 12.2 Å². The van der Waals surface area contributed by atoms with Crippen molar-refractivity contribution in [1.29, 1.82) is 0 Å². The fourth-order valence-electron chi connectivity index (χ4n) is 16.1. The molecular formula is C90H158F6N7O37S7-7. The highest BCUT2D eigenvalue weighted by Gasteiger charge is 2.58. The Morgan fingerprint density at radius 2 is 0.531 bits per heavy atom. The number of esters is 7. The third kappa shape index (κ3) is 72.8. The van der Waals surface area contributed by atoms with Crippen LogP contribution in [0, 0.1) is 11.8 Å². The van der Waals surface area contributed by atoms with Crippen molar-refractivity contribution in [2.45, 2.75) is 415 Å². The molecule has 0 aromatic rings. The molecule has 147 heavy (non-hydrogen) atoms. The maximum Gasteiger partial charge on any atom is 0.427 e. The van der Waals surface area contributed by atoms with E-state index in [9.17, 15) is 161 Å². The molecular weight excluding hydrogens is 2110 g/mol. The molecule has 0 amide bonds. The number of carbonyl (C=O) groups excluding carboxylic acids is 7. The van der Waals surface area contributed by atoms with Gasteiger partial charge in [-0.15, -0.1) is 0 Å². The Kier molecular flexibility index (Phi) is 66.0. The van der Waals surface area contributed by atoms with Crippen LogP contribution in [0.4, 0.5) is 26.3 Å². The van der Waals surface area contributed by atoms with E-state index in [2.05, 4.69) is 53.3 Å². The van der Waals surface area contributed by atoms with Gasteiger partial charge in [0.1, 0.15) is 48.6 Å². The summed E-state index contributed by atoms with van der Waals surface area (Å²) in [5, 5.41) is 40.6. The molecule has 57 heteroatoms. The molecule has 866 valence electrons. The number of alkyl halides is 6. The van der Waals surface area contributed by atoms with E-state index in [4.69, 9.17) is 23.7 Å². The first-order valence-electron chi connectivity index (χ1n) is 50.1. The van der Waals surface area contributed by atoms with Gasteiger partial charge in [0.05, 0.1) is 117 Å². The molecule has 9 N–H and O–H groups in total. The van der Waals surface area contributed by atoms with Crippen LogP contribution in [-0.2, 0) is 138 Å². The lowest BCUT2D eigenvalue weighted by atomic mass is 9.95. The highest BCUT2D eigenvalue weighted by Crippen LogP contribution is 2.33. The molecule has 9 atom stereocenters. The molecule has 0 spiro atoms. The molecule has 0 saturated heterocycles. The van der Waals surface area contributed by atoms with Gasteiger partial charge in [-0.3, -0.25) is 19.2 Å². The summed E-state index contributed by atoms with van der Waals surface area (Å²) < 4.78 is 337. The second-order valence-electron chi connectivity index (χ2n) is 39.1. The Bertz CT molecular complexity index is 4700. The molecule has 0 aliphatic heterocycles. The Morgan fingerprint density at radius 1 is 0.327 bits per heavy atom. The lowest BCUT2D eigenvalue weighted by Gasteiger charge is -2.29. The average molecular weight is 2270 g/mol. The molecule has 7 aliphatic carbocycles. The zero-order valence-corrected chi connectivity index (χ0v) is 91.2. The summed E-state index contributed by atoms with van der Waals surface area (Å²) in [6.45, 7) is 15.5. The summed E-state index contributed by atoms with van der Waals surface area (Å²) in [6.07, 6.45) is 20.2. The second-order valence-corrected chi connectivity index (χ2v) is 49.3. The topological polar surface area (TPSA) is 709 Å². The van der Waals surface area contributed by atoms with Crippen LogP contribution in [0.5, 0.6) is 0 Å². The summed E-state index contributed by atoms with van der Waals surface area (Å²) in [7, 11) is -31.7. The second kappa shape index (κ2) is 69.5. The molecule has 9 unspecified atom stereocenters. The fraction of sp³-hybridized carbons (Fsp3) is 0.900. The van der Waals surface area contributed by atoms with Crippen LogP contribution in [0.15, 0.2) is 12.2 Å². The number of ether oxygens (including phenoxy) is 7. The van der Waals surface area contributed by atoms with Crippen molar-refractivity contribution in [2.24, 2.45) is 11.8 Å². The number of hydrogen-bond donors (Lipinski definition) is 9. The van der Waals surface area contributed by atoms with E-state index in [0.29, 0.717) is 37.5 Å². The third-order valence-electron chi connectivity index (χ3n) is 24.2. The predicted molar refractivity (Wildman–Crippen MR) is 518 cm³/mol. The van der Waals surface area contributed by atoms with Gasteiger partial charge in [-0.25, -0.2) is 73.3 Å². The molecule has 7 aliphatic rings. The SMILES string of the molecule is C=C(C)C(=O)OC(CNC1CCCCC1)CS(=O)(=O)[O-].CC(C(=O)OC(CNC1CCCCC1)CS(=O)(=O)[O-])C(F)(F)F.CC(C)(O)C(=O)OC(CNC1CCCCC1)CS(=O)(=O)[O-].CC(C)C(=O)OC(CNC1CCCCC1)CS(=O)(=O)[O-].CC(O)(C(=O)OC(CNC1CCCCC1)CS(=O)(=O)[O-])C(F)(F)F.CCC(=O)OC(CNC1CCCCC1)CS(=O)(=O)[O-].CCCC(=O)OC(CNC1CCCCC1)CS(=O)(=O)[O-]. The van der Waals surface area contributed by atoms with Crippen molar-refractivity contribution < 1.29 is 194 Å². The molecule has 7 rings (SSSR count). The fourth-order valence-corrected chi connectivity index (χ4v) is 20.6. The van der Waals surface area contributed by atoms with Crippen molar-refractivity contribution in [3.8, 4) is 0 Å². The largest absolute Gasteiger partial charge is 0.748 e. The Morgan fingerprint density at radius 3 is 0.721 bits per heavy atom. The van der Waals surface area contributed by atoms with Gasteiger partial charge in [-0.2, -0.15) is 26.3 Å². The van der Waals surface area contributed by atoms with Crippen LogP contribution < -0.4 is 37.2 Å². The zero-order chi connectivity index (χ0) is 112. The minimum atomic E-state index is -5.29. The van der Waals surface area contributed by atoms with Gasteiger partial charge in [0.25, 0.3) is 5.60 Å². The highest BCUT2D eigenvalue weighted by atomic mass is 32.2. The van der Waals surface area contributed by atoms with Gasteiger partial charge >= 0.3 is 54.1 Å². The van der Waals surface area contributed by atoms with Gasteiger partial charge in [0.15, 0.2) is 5.60 Å². The quantitative estimate of drug-likeness (QED) is 0.0106. The van der Waals surface area contributed by atoms with Gasteiger partial charge in [-0.1, -0.05) is 169 Å². The number of carbonyl (C=O) groups is 7. The molecule has 7 saturated carbocycles. The van der Waals surface area contributed by atoms with E-state index in [1.165, 1.54) is 52.9 Å². The van der Waals surface area contributed by atoms with Crippen LogP contribution in [-0.4, -0.2) is 337 Å². The van der Waals surface area contributed by atoms with Crippen LogP contribution >= 0.6 is 0 Å². The van der Waals surface area contributed by atoms with Crippen molar-refractivity contribution >= 4 is 113 Å². The number of nitrogens with one attached hydrogen (secondary N) is 7. The Balaban J connectivity index is 0.000000859. The summed E-state index contributed by atoms with van der Waals surface area (Å²) >= 11 is 0. The molecule has 0 radical (unpaired) electrons. The molecule has 7 fully saturated rings. The Labute approximate surface area is 863 Å². The molecule has 0 bridgehead atoms. The first-order valence-corrected chi connectivity index (χ1v) is 61.2. The van der Waals surface area contributed by atoms with Crippen LogP contribution in [0.1, 0.15) is 306 Å². The first-order chi connectivity index (χ1) is 67.8. The molecule has 0 aromatic carbocycles. The predicted octanol–water partition coefficient (Wildman–Crippen LogP) is 6.28. The van der Waals surface area contributed by atoms with E-state index < -0.39 is 225 Å². The normalized spacial score (nSPS) is 19.4. The lowest BCUT2D eigenvalue weighted by Crippen LogP contribution is -2.53. The van der Waals surface area contributed by atoms with Gasteiger partial charge in [-0.05, 0) is 131 Å². The number of rotatable bonds is 50. The monoisotopic (exact) mass is 2270 g/mol. The van der Waals surface area contributed by atoms with E-state index in [-0.39, 0.29) is 95.2 Å². The summed E-state index contributed by atoms with van der Waals surface area (Å²) in [6, 6.07) is 1.60. The minimum absolute atomic E-state index is 0.0115. The maximum absolute atomic E-state index is 12.6. The zero-order valence-electron chi connectivity index (χ0n) is 85.5. The smallest absolute Gasteiger partial charge is 0.427 e. The van der Waals surface area contributed by atoms with E-state index in [1.807, 2.05) is 6.92 Å². The maximum atomic E-state index is 12.6. The third-order valence-corrected chi connectivity index (χ3v) is 29.7. The van der Waals surface area contributed by atoms with Gasteiger partial charge < -0.3 is 112 Å². The molecule has 0 aromatic heterocycles. The minimum Gasteiger partial charge on any atom is -0.748 e. The van der Waals surface area contributed by atoms with Crippen LogP contribution in [0.3, 0.4) is 0 Å². The summed E-state index contributed by atoms with van der Waals surface area (Å²) in [5.74, 6) is -15.1. The number of aliphatic hydroxyl groups is 2. The summed E-state index contributed by atoms with van der Waals surface area (Å²) in [5.41, 5.74) is -5.34. The highest BCUT2D eigenvalue weighted by molar-refractivity contribution is 7.87. The average Bonchev–Trinajstić information content (AvgIpc) is 0.806. The standard InChI is InChI=1S/C13H22F3NO6S.C13H22F3NO5S.C13H25NO6S.C13H25NO5S.C13H23NO5S.C13H25NO5S.C12H23NO5S/c1-12(19,13(14,15)16)11(18)23-10(8-24(20,21)22)7-17-9-5-3-2-4-6-9;1-9(13(14,15)16)12(18)22-11(8-23(19,20)21)7-17-10-5-3-2-4-6-10;1-13(2,16)12(15)20-11(9-21(17,18)19)8-14-10-6-4-3-5-7-10;2*1-10(2)13(15)19-12(9-20(16,17)18)8-14-11-6-4-3-5-7-11;1-2-6-13(15)19-12(10-20(16,17)18)9-14-11-7-4-3-5-8-11;1-2-12(14)18-11(9-19(15,16)17)8-13-10-6-4-3-5-7-10/h9-10,17,19H,2-8H2,1H3,(H,20,21,22);9-11,17H,2-8H2,1H3,(H,19,20,21);10-11,14,16H,3-9H2,1-2H3,(H,17,18,19);10-12,14H,3-9H2,1-2H3,(H,16,17,18);11-12,14H,1,3-9H2,2H3,(H,16,17,18);11-12,14H,2-10H2,1H3,(H,16,17,18);10-11,13H,2-9H2,1H3,(H,15,16,17)/p-7. The van der Waals surface area contributed by atoms with E-state index >= 15 is 0 Å². The van der Waals surface area contributed by atoms with Gasteiger partial charge in [0.2, 0.25) is 0 Å². The first kappa shape index (κ1) is 140. The summed E-state index contributed by atoms with van der Waals surface area (Å²) in [4.78, 5) is 80.3. The lowest BCUT2D eigenvalue weighted by molar-refractivity contribution is -0.258. The van der Waals surface area contributed by atoms with Crippen LogP contribution in [0.2, 0.25) is 0 Å². The Hall–Kier alpha value is -5.38. The van der Waals surface area contributed by atoms with Crippen molar-refractivity contribution in [1.82, 2.24) is 37.2 Å². The number of hydrogen-bond acceptors (Lipinski definition) is 44. The molecule has 44 nitrogen and oxygen atoms in total. The molecule has 0 heterocycles. The van der Waals surface area contributed by atoms with E-state index in [0.717, 1.165) is 193 Å². The van der Waals surface area contributed by atoms with E-state index in [1.54, 1.807) is 20.8 Å². The van der Waals surface area contributed by atoms with Crippen molar-refractivity contribution in [2.75, 3.05) is 86.1 Å².